The van der Waals surface area contributed by atoms with Crippen molar-refractivity contribution in [1.29, 1.82) is 0 Å². The second-order valence-corrected chi connectivity index (χ2v) is 7.60. The van der Waals surface area contributed by atoms with Crippen LogP contribution in [0.15, 0.2) is 12.5 Å². The van der Waals surface area contributed by atoms with E-state index in [1.165, 1.54) is 58.5 Å². The zero-order valence-electron chi connectivity index (χ0n) is 15.4. The van der Waals surface area contributed by atoms with Crippen LogP contribution in [0.5, 0.6) is 0 Å². The number of aromatic nitrogens is 4. The number of fused-ring (bicyclic) bond motifs is 1. The number of hydrogen-bond donors (Lipinski definition) is 1. The molecule has 0 bridgehead atoms. The lowest BCUT2D eigenvalue weighted by atomic mass is 9.86. The lowest BCUT2D eigenvalue weighted by molar-refractivity contribution is -0.141. The number of hydrogen-bond acceptors (Lipinski definition) is 6. The molecule has 4 rings (SSSR count). The number of ether oxygens (including phenoxy) is 1. The van der Waals surface area contributed by atoms with E-state index in [4.69, 9.17) is 4.74 Å². The molecule has 7 heteroatoms. The summed E-state index contributed by atoms with van der Waals surface area (Å²) in [5.74, 6) is 1.97. The molecule has 2 saturated carbocycles. The van der Waals surface area contributed by atoms with Crippen molar-refractivity contribution in [3.8, 4) is 0 Å². The van der Waals surface area contributed by atoms with Gasteiger partial charge in [-0.25, -0.2) is 14.6 Å². The van der Waals surface area contributed by atoms with Gasteiger partial charge in [-0.2, -0.15) is 5.10 Å². The molecule has 2 fully saturated rings. The second-order valence-electron chi connectivity index (χ2n) is 7.60. The van der Waals surface area contributed by atoms with Crippen LogP contribution in [0.25, 0.3) is 11.0 Å². The third-order valence-corrected chi connectivity index (χ3v) is 6.06. The van der Waals surface area contributed by atoms with Crippen molar-refractivity contribution in [2.45, 2.75) is 64.0 Å². The van der Waals surface area contributed by atoms with E-state index < -0.39 is 0 Å². The molecule has 0 saturated heterocycles. The van der Waals surface area contributed by atoms with E-state index in [1.807, 2.05) is 0 Å². The molecular weight excluding hydrogens is 330 g/mol. The van der Waals surface area contributed by atoms with Crippen LogP contribution in [0.1, 0.15) is 51.4 Å². The number of carbonyl (C=O) groups is 1. The molecule has 0 amide bonds. The van der Waals surface area contributed by atoms with Gasteiger partial charge in [0.1, 0.15) is 18.7 Å². The van der Waals surface area contributed by atoms with Crippen LogP contribution < -0.4 is 5.32 Å². The lowest BCUT2D eigenvalue weighted by Gasteiger charge is -2.30. The van der Waals surface area contributed by atoms with Crippen molar-refractivity contribution < 1.29 is 9.53 Å². The highest BCUT2D eigenvalue weighted by atomic mass is 16.5. The second kappa shape index (κ2) is 7.60. The molecule has 0 unspecified atom stereocenters. The van der Waals surface area contributed by atoms with Crippen LogP contribution in [0.2, 0.25) is 0 Å². The lowest BCUT2D eigenvalue weighted by Crippen LogP contribution is -2.34. The van der Waals surface area contributed by atoms with Crippen LogP contribution in [0, 0.1) is 11.8 Å². The molecule has 1 N–H and O–H groups in total. The molecule has 0 aliphatic heterocycles. The van der Waals surface area contributed by atoms with Crippen LogP contribution in [-0.4, -0.2) is 38.9 Å². The number of carbonyl (C=O) groups excluding carboxylic acids is 1. The van der Waals surface area contributed by atoms with Gasteiger partial charge in [-0.15, -0.1) is 0 Å². The molecule has 2 aliphatic carbocycles. The minimum Gasteiger partial charge on any atom is -0.468 e. The van der Waals surface area contributed by atoms with Crippen molar-refractivity contribution >= 4 is 22.8 Å². The molecule has 26 heavy (non-hydrogen) atoms. The predicted molar refractivity (Wildman–Crippen MR) is 98.7 cm³/mol. The van der Waals surface area contributed by atoms with Gasteiger partial charge in [-0.1, -0.05) is 25.7 Å². The van der Waals surface area contributed by atoms with Crippen LogP contribution >= 0.6 is 0 Å². The Bertz CT molecular complexity index is 746. The summed E-state index contributed by atoms with van der Waals surface area (Å²) in [6, 6.07) is 0.474. The molecule has 0 radical (unpaired) electrons. The Morgan fingerprint density at radius 1 is 1.19 bits per heavy atom. The number of rotatable bonds is 6. The minimum atomic E-state index is -0.335. The molecule has 2 aromatic rings. The molecular formula is C19H27N5O2. The van der Waals surface area contributed by atoms with Gasteiger partial charge in [-0.05, 0) is 37.5 Å². The fraction of sp³-hybridized carbons (Fsp3) is 0.684. The highest BCUT2D eigenvalue weighted by Gasteiger charge is 2.33. The quantitative estimate of drug-likeness (QED) is 0.800. The Balaban J connectivity index is 1.61. The number of nitrogens with zero attached hydrogens (tertiary/aromatic N) is 4. The summed E-state index contributed by atoms with van der Waals surface area (Å²) in [5, 5.41) is 8.96. The van der Waals surface area contributed by atoms with E-state index in [1.54, 1.807) is 17.2 Å². The van der Waals surface area contributed by atoms with Crippen molar-refractivity contribution in [2.24, 2.45) is 11.8 Å². The number of methoxy groups -OCH3 is 1. The van der Waals surface area contributed by atoms with E-state index in [0.29, 0.717) is 11.7 Å². The zero-order chi connectivity index (χ0) is 17.9. The summed E-state index contributed by atoms with van der Waals surface area (Å²) in [5.41, 5.74) is 0.671. The normalized spacial score (nSPS) is 18.8. The first kappa shape index (κ1) is 17.2. The van der Waals surface area contributed by atoms with Crippen molar-refractivity contribution in [2.75, 3.05) is 12.4 Å². The van der Waals surface area contributed by atoms with Crippen LogP contribution in [-0.2, 0) is 16.1 Å². The van der Waals surface area contributed by atoms with E-state index in [2.05, 4.69) is 20.4 Å². The average Bonchev–Trinajstić information content (AvgIpc) is 3.42. The Labute approximate surface area is 153 Å². The van der Waals surface area contributed by atoms with Crippen molar-refractivity contribution in [3.63, 3.8) is 0 Å². The summed E-state index contributed by atoms with van der Waals surface area (Å²) in [4.78, 5) is 20.4. The first-order chi connectivity index (χ1) is 12.8. The third-order valence-electron chi connectivity index (χ3n) is 6.06. The summed E-state index contributed by atoms with van der Waals surface area (Å²) in [6.07, 6.45) is 13.9. The molecule has 2 heterocycles. The van der Waals surface area contributed by atoms with Crippen molar-refractivity contribution in [1.82, 2.24) is 19.7 Å². The van der Waals surface area contributed by atoms with Gasteiger partial charge in [0.2, 0.25) is 0 Å². The Morgan fingerprint density at radius 3 is 2.46 bits per heavy atom. The standard InChI is InChI=1S/C19H27N5O2/c1-26-16(25)11-24-19-15(10-22-24)18(20-12-21-19)23-17(13-6-2-3-7-13)14-8-4-5-9-14/h10,12-14,17H,2-9,11H2,1H3,(H,20,21,23). The first-order valence-electron chi connectivity index (χ1n) is 9.76. The van der Waals surface area contributed by atoms with Gasteiger partial charge in [0.25, 0.3) is 0 Å². The van der Waals surface area contributed by atoms with Gasteiger partial charge in [0.05, 0.1) is 18.7 Å². The maximum atomic E-state index is 11.6. The molecule has 2 aliphatic rings. The monoisotopic (exact) mass is 357 g/mol. The topological polar surface area (TPSA) is 81.9 Å². The number of nitrogens with one attached hydrogen (secondary N) is 1. The summed E-state index contributed by atoms with van der Waals surface area (Å²) >= 11 is 0. The number of esters is 1. The highest BCUT2D eigenvalue weighted by Crippen LogP contribution is 2.39. The van der Waals surface area contributed by atoms with Gasteiger partial charge >= 0.3 is 5.97 Å². The van der Waals surface area contributed by atoms with Crippen molar-refractivity contribution in [3.05, 3.63) is 12.5 Å². The van der Waals surface area contributed by atoms with Crippen LogP contribution in [0.3, 0.4) is 0 Å². The maximum Gasteiger partial charge on any atom is 0.327 e. The van der Waals surface area contributed by atoms with E-state index in [0.717, 1.165) is 23.0 Å². The molecule has 2 aromatic heterocycles. The summed E-state index contributed by atoms with van der Waals surface area (Å²) in [6.45, 7) is 0.0606. The Morgan fingerprint density at radius 2 is 1.85 bits per heavy atom. The van der Waals surface area contributed by atoms with Gasteiger partial charge < -0.3 is 10.1 Å². The fourth-order valence-corrected chi connectivity index (χ4v) is 4.72. The van der Waals surface area contributed by atoms with E-state index >= 15 is 0 Å². The van der Waals surface area contributed by atoms with Gasteiger partial charge in [0, 0.05) is 6.04 Å². The Kier molecular flexibility index (Phi) is 5.04. The smallest absolute Gasteiger partial charge is 0.327 e. The maximum absolute atomic E-state index is 11.6. The van der Waals surface area contributed by atoms with Crippen LogP contribution in [0.4, 0.5) is 5.82 Å². The zero-order valence-corrected chi connectivity index (χ0v) is 15.4. The largest absolute Gasteiger partial charge is 0.468 e. The van der Waals surface area contributed by atoms with Gasteiger partial charge in [0.15, 0.2) is 5.65 Å². The summed E-state index contributed by atoms with van der Waals surface area (Å²) < 4.78 is 6.32. The number of anilines is 1. The minimum absolute atomic E-state index is 0.0606. The molecule has 0 aromatic carbocycles. The highest BCUT2D eigenvalue weighted by molar-refractivity contribution is 5.87. The Hall–Kier alpha value is -2.18. The SMILES string of the molecule is COC(=O)Cn1ncc2c(NC(C3CCCC3)C3CCCC3)ncnc21. The first-order valence-corrected chi connectivity index (χ1v) is 9.76. The average molecular weight is 357 g/mol. The summed E-state index contributed by atoms with van der Waals surface area (Å²) in [7, 11) is 1.38. The van der Waals surface area contributed by atoms with E-state index in [-0.39, 0.29) is 12.5 Å². The molecule has 0 atom stereocenters. The molecule has 0 spiro atoms. The van der Waals surface area contributed by atoms with Gasteiger partial charge in [-0.3, -0.25) is 4.79 Å². The third kappa shape index (κ3) is 3.39. The fourth-order valence-electron chi connectivity index (χ4n) is 4.72. The molecule has 140 valence electrons. The molecule has 7 nitrogen and oxygen atoms in total. The predicted octanol–water partition coefficient (Wildman–Crippen LogP) is 3.16. The van der Waals surface area contributed by atoms with E-state index in [9.17, 15) is 4.79 Å².